The lowest BCUT2D eigenvalue weighted by atomic mass is 9.93. The number of amides is 1. The quantitative estimate of drug-likeness (QED) is 0.873. The number of carbonyl (C=O) groups excluding carboxylic acids is 1. The maximum Gasteiger partial charge on any atom is 0.257 e. The summed E-state index contributed by atoms with van der Waals surface area (Å²) in [6.45, 7) is 2.49. The molecule has 2 aromatic rings. The van der Waals surface area contributed by atoms with Gasteiger partial charge in [0.05, 0.1) is 17.3 Å². The molecule has 0 radical (unpaired) electrons. The summed E-state index contributed by atoms with van der Waals surface area (Å²) in [7, 11) is 0. The monoisotopic (exact) mass is 311 g/mol. The summed E-state index contributed by atoms with van der Waals surface area (Å²) >= 11 is 0. The third-order valence-electron chi connectivity index (χ3n) is 4.68. The van der Waals surface area contributed by atoms with Crippen molar-refractivity contribution in [2.45, 2.75) is 38.1 Å². The maximum absolute atomic E-state index is 14.0. The molecule has 2 aliphatic rings. The number of halogens is 1. The molecule has 4 rings (SSSR count). The maximum atomic E-state index is 14.0. The van der Waals surface area contributed by atoms with E-state index in [1.54, 1.807) is 23.2 Å². The first-order chi connectivity index (χ1) is 11.1. The van der Waals surface area contributed by atoms with Crippen molar-refractivity contribution in [2.75, 3.05) is 6.54 Å². The highest BCUT2D eigenvalue weighted by atomic mass is 19.1. The Kier molecular flexibility index (Phi) is 3.36. The second-order valence-corrected chi connectivity index (χ2v) is 6.31. The summed E-state index contributed by atoms with van der Waals surface area (Å²) in [5.74, 6) is 0.741. The van der Waals surface area contributed by atoms with E-state index in [1.165, 1.54) is 6.07 Å². The van der Waals surface area contributed by atoms with E-state index in [0.29, 0.717) is 29.4 Å². The molecule has 23 heavy (non-hydrogen) atoms. The van der Waals surface area contributed by atoms with Crippen LogP contribution in [0.4, 0.5) is 4.39 Å². The van der Waals surface area contributed by atoms with Gasteiger partial charge in [-0.2, -0.15) is 0 Å². The molecule has 0 bridgehead atoms. The van der Waals surface area contributed by atoms with Gasteiger partial charge in [-0.1, -0.05) is 18.2 Å². The van der Waals surface area contributed by atoms with Gasteiger partial charge in [0.2, 0.25) is 0 Å². The lowest BCUT2D eigenvalue weighted by Crippen LogP contribution is -2.45. The Morgan fingerprint density at radius 3 is 2.70 bits per heavy atom. The highest BCUT2D eigenvalue weighted by Crippen LogP contribution is 2.42. The van der Waals surface area contributed by atoms with Crippen molar-refractivity contribution in [1.29, 1.82) is 0 Å². The molecule has 118 valence electrons. The van der Waals surface area contributed by atoms with Crippen LogP contribution >= 0.6 is 0 Å². The van der Waals surface area contributed by atoms with E-state index in [2.05, 4.69) is 9.97 Å². The predicted molar refractivity (Wildman–Crippen MR) is 83.5 cm³/mol. The fourth-order valence-corrected chi connectivity index (χ4v) is 3.17. The topological polar surface area (TPSA) is 46.1 Å². The van der Waals surface area contributed by atoms with E-state index in [1.807, 2.05) is 13.0 Å². The van der Waals surface area contributed by atoms with Gasteiger partial charge in [0.15, 0.2) is 0 Å². The minimum atomic E-state index is -0.252. The van der Waals surface area contributed by atoms with Crippen LogP contribution in [0.25, 0.3) is 0 Å². The Balaban J connectivity index is 1.64. The SMILES string of the molecule is Cc1ncc(C(=O)N2CCC2c2ccccc2F)c(C2CC2)n1. The molecule has 2 heterocycles. The van der Waals surface area contributed by atoms with Gasteiger partial charge in [0.1, 0.15) is 11.6 Å². The van der Waals surface area contributed by atoms with Gasteiger partial charge in [-0.15, -0.1) is 0 Å². The third kappa shape index (κ3) is 2.50. The van der Waals surface area contributed by atoms with Gasteiger partial charge in [-0.05, 0) is 32.3 Å². The molecule has 1 aliphatic heterocycles. The number of likely N-dealkylation sites (tertiary alicyclic amines) is 1. The number of benzene rings is 1. The minimum Gasteiger partial charge on any atom is -0.331 e. The van der Waals surface area contributed by atoms with Crippen LogP contribution in [0.15, 0.2) is 30.5 Å². The summed E-state index contributed by atoms with van der Waals surface area (Å²) < 4.78 is 14.0. The van der Waals surface area contributed by atoms with Crippen LogP contribution in [0.1, 0.15) is 58.7 Å². The van der Waals surface area contributed by atoms with Gasteiger partial charge < -0.3 is 4.90 Å². The van der Waals surface area contributed by atoms with Gasteiger partial charge in [-0.25, -0.2) is 14.4 Å². The Labute approximate surface area is 134 Å². The van der Waals surface area contributed by atoms with Gasteiger partial charge in [0, 0.05) is 24.2 Å². The lowest BCUT2D eigenvalue weighted by Gasteiger charge is -2.41. The number of aromatic nitrogens is 2. The summed E-state index contributed by atoms with van der Waals surface area (Å²) in [5.41, 5.74) is 2.04. The highest BCUT2D eigenvalue weighted by molar-refractivity contribution is 5.96. The van der Waals surface area contributed by atoms with Crippen LogP contribution in [0.2, 0.25) is 0 Å². The molecule has 1 aromatic heterocycles. The average Bonchev–Trinajstić information content (AvgIpc) is 3.33. The van der Waals surface area contributed by atoms with E-state index in [4.69, 9.17) is 0 Å². The van der Waals surface area contributed by atoms with Gasteiger partial charge in [0.25, 0.3) is 5.91 Å². The third-order valence-corrected chi connectivity index (χ3v) is 4.68. The zero-order valence-electron chi connectivity index (χ0n) is 13.0. The molecule has 1 amide bonds. The second kappa shape index (κ2) is 5.41. The van der Waals surface area contributed by atoms with Crippen LogP contribution in [-0.4, -0.2) is 27.3 Å². The fourth-order valence-electron chi connectivity index (χ4n) is 3.17. The zero-order valence-corrected chi connectivity index (χ0v) is 13.0. The van der Waals surface area contributed by atoms with Crippen LogP contribution in [0.3, 0.4) is 0 Å². The summed E-state index contributed by atoms with van der Waals surface area (Å²) in [4.78, 5) is 23.3. The predicted octanol–water partition coefficient (Wildman–Crippen LogP) is 3.39. The van der Waals surface area contributed by atoms with Crippen molar-refractivity contribution in [1.82, 2.24) is 14.9 Å². The van der Waals surface area contributed by atoms with Crippen molar-refractivity contribution in [3.8, 4) is 0 Å². The summed E-state index contributed by atoms with van der Waals surface area (Å²) in [6.07, 6.45) is 4.58. The molecule has 1 aliphatic carbocycles. The van der Waals surface area contributed by atoms with Crippen molar-refractivity contribution >= 4 is 5.91 Å². The lowest BCUT2D eigenvalue weighted by molar-refractivity contribution is 0.0450. The first-order valence-corrected chi connectivity index (χ1v) is 8.04. The van der Waals surface area contributed by atoms with Crippen LogP contribution in [0.5, 0.6) is 0 Å². The molecule has 4 nitrogen and oxygen atoms in total. The van der Waals surface area contributed by atoms with E-state index < -0.39 is 0 Å². The Bertz CT molecular complexity index is 773. The van der Waals surface area contributed by atoms with Crippen molar-refractivity contribution < 1.29 is 9.18 Å². The number of hydrogen-bond acceptors (Lipinski definition) is 3. The van der Waals surface area contributed by atoms with E-state index in [0.717, 1.165) is 25.0 Å². The zero-order chi connectivity index (χ0) is 16.0. The Hall–Kier alpha value is -2.30. The summed E-state index contributed by atoms with van der Waals surface area (Å²) in [5, 5.41) is 0. The van der Waals surface area contributed by atoms with Crippen molar-refractivity contribution in [2.24, 2.45) is 0 Å². The molecule has 1 aromatic carbocycles. The average molecular weight is 311 g/mol. The highest BCUT2D eigenvalue weighted by Gasteiger charge is 2.38. The second-order valence-electron chi connectivity index (χ2n) is 6.31. The first-order valence-electron chi connectivity index (χ1n) is 8.04. The molecule has 1 unspecified atom stereocenters. The molecule has 0 N–H and O–H groups in total. The molecule has 2 fully saturated rings. The normalized spacial score (nSPS) is 20.3. The molecule has 1 saturated carbocycles. The number of hydrogen-bond donors (Lipinski definition) is 0. The van der Waals surface area contributed by atoms with Crippen LogP contribution in [0, 0.1) is 12.7 Å². The number of aryl methyl sites for hydroxylation is 1. The largest absolute Gasteiger partial charge is 0.331 e. The molecule has 5 heteroatoms. The van der Waals surface area contributed by atoms with Crippen LogP contribution in [-0.2, 0) is 0 Å². The van der Waals surface area contributed by atoms with E-state index >= 15 is 0 Å². The standard InChI is InChI=1S/C18H18FN3O/c1-11-20-10-14(17(21-11)12-6-7-12)18(23)22-9-8-16(22)13-4-2-3-5-15(13)19/h2-5,10,12,16H,6-9H2,1H3. The van der Waals surface area contributed by atoms with Crippen molar-refractivity contribution in [3.63, 3.8) is 0 Å². The van der Waals surface area contributed by atoms with Gasteiger partial charge in [-0.3, -0.25) is 4.79 Å². The first kappa shape index (κ1) is 14.3. The molecular formula is C18H18FN3O. The molecule has 1 saturated heterocycles. The minimum absolute atomic E-state index is 0.0774. The summed E-state index contributed by atoms with van der Waals surface area (Å²) in [6, 6.07) is 6.50. The Morgan fingerprint density at radius 1 is 1.26 bits per heavy atom. The number of nitrogens with zero attached hydrogens (tertiary/aromatic N) is 3. The molecular weight excluding hydrogens is 293 g/mol. The Morgan fingerprint density at radius 2 is 2.04 bits per heavy atom. The molecule has 1 atom stereocenters. The smallest absolute Gasteiger partial charge is 0.257 e. The van der Waals surface area contributed by atoms with Gasteiger partial charge >= 0.3 is 0 Å². The molecule has 0 spiro atoms. The van der Waals surface area contributed by atoms with E-state index in [9.17, 15) is 9.18 Å². The van der Waals surface area contributed by atoms with Crippen LogP contribution < -0.4 is 0 Å². The number of carbonyl (C=O) groups is 1. The number of rotatable bonds is 3. The van der Waals surface area contributed by atoms with E-state index in [-0.39, 0.29) is 17.8 Å². The fraction of sp³-hybridized carbons (Fsp3) is 0.389. The van der Waals surface area contributed by atoms with Crippen molar-refractivity contribution in [3.05, 3.63) is 58.9 Å².